The molecule has 0 spiro atoms. The fourth-order valence-corrected chi connectivity index (χ4v) is 8.07. The minimum Gasteiger partial charge on any atom is -0.497 e. The maximum atomic E-state index is 13.0. The Bertz CT molecular complexity index is 1180. The van der Waals surface area contributed by atoms with E-state index < -0.39 is 9.84 Å². The molecule has 0 aliphatic carbocycles. The second-order valence-electron chi connectivity index (χ2n) is 8.42. The van der Waals surface area contributed by atoms with Crippen LogP contribution in [0.3, 0.4) is 0 Å². The molecule has 8 nitrogen and oxygen atoms in total. The van der Waals surface area contributed by atoms with Crippen molar-refractivity contribution < 1.29 is 17.9 Å². The molecular formula is C23H26N4O4S2. The summed E-state index contributed by atoms with van der Waals surface area (Å²) in [6.07, 6.45) is 0. The monoisotopic (exact) mass is 486 g/mol. The number of anilines is 2. The van der Waals surface area contributed by atoms with E-state index in [1.807, 2.05) is 47.4 Å². The number of carbonyl (C=O) groups excluding carboxylic acids is 1. The van der Waals surface area contributed by atoms with Gasteiger partial charge in [-0.15, -0.1) is 0 Å². The lowest BCUT2D eigenvalue weighted by Crippen LogP contribution is -2.48. The first kappa shape index (κ1) is 22.1. The van der Waals surface area contributed by atoms with Crippen molar-refractivity contribution in [2.24, 2.45) is 4.99 Å². The first-order valence-electron chi connectivity index (χ1n) is 10.9. The number of piperazine rings is 1. The lowest BCUT2D eigenvalue weighted by atomic mass is 10.1. The molecule has 174 valence electrons. The summed E-state index contributed by atoms with van der Waals surface area (Å²) in [5.41, 5.74) is 2.59. The molecule has 2 fully saturated rings. The molecule has 2 atom stereocenters. The van der Waals surface area contributed by atoms with Crippen LogP contribution in [0, 0.1) is 0 Å². The van der Waals surface area contributed by atoms with Gasteiger partial charge in [-0.1, -0.05) is 17.8 Å². The molecule has 0 radical (unpaired) electrons. The summed E-state index contributed by atoms with van der Waals surface area (Å²) in [6.45, 7) is 2.87. The molecule has 0 saturated carbocycles. The molecule has 0 aromatic heterocycles. The molecule has 2 aromatic rings. The van der Waals surface area contributed by atoms with Crippen LogP contribution in [0.15, 0.2) is 53.5 Å². The largest absolute Gasteiger partial charge is 0.497 e. The molecule has 1 N–H and O–H groups in total. The second kappa shape index (κ2) is 8.90. The van der Waals surface area contributed by atoms with Gasteiger partial charge in [0.25, 0.3) is 5.91 Å². The Morgan fingerprint density at radius 2 is 1.85 bits per heavy atom. The summed E-state index contributed by atoms with van der Waals surface area (Å²) in [5.74, 6) is 1.18. The molecule has 5 rings (SSSR count). The number of nitrogens with zero attached hydrogens (tertiary/aromatic N) is 3. The molecule has 2 aromatic carbocycles. The number of thioether (sulfide) groups is 1. The average molecular weight is 487 g/mol. The number of ether oxygens (including phenoxy) is 1. The number of carbonyl (C=O) groups is 1. The first-order valence-corrected chi connectivity index (χ1v) is 13.6. The van der Waals surface area contributed by atoms with E-state index in [9.17, 15) is 13.2 Å². The zero-order valence-electron chi connectivity index (χ0n) is 18.3. The second-order valence-corrected chi connectivity index (χ2v) is 11.8. The van der Waals surface area contributed by atoms with Crippen molar-refractivity contribution in [2.75, 3.05) is 55.0 Å². The number of hydrogen-bond donors (Lipinski definition) is 1. The van der Waals surface area contributed by atoms with E-state index in [0.29, 0.717) is 18.7 Å². The van der Waals surface area contributed by atoms with Crippen molar-refractivity contribution in [1.29, 1.82) is 0 Å². The molecule has 10 heteroatoms. The number of aliphatic imine (C=N–C) groups is 1. The van der Waals surface area contributed by atoms with Gasteiger partial charge in [0.05, 0.1) is 24.7 Å². The van der Waals surface area contributed by atoms with Crippen LogP contribution in [0.5, 0.6) is 5.75 Å². The maximum Gasteiger partial charge on any atom is 0.253 e. The van der Waals surface area contributed by atoms with Crippen LogP contribution in [-0.4, -0.2) is 80.5 Å². The minimum absolute atomic E-state index is 0.00833. The predicted molar refractivity (Wildman–Crippen MR) is 132 cm³/mol. The van der Waals surface area contributed by atoms with E-state index >= 15 is 0 Å². The Morgan fingerprint density at radius 3 is 2.55 bits per heavy atom. The molecule has 0 bridgehead atoms. The van der Waals surface area contributed by atoms with Gasteiger partial charge in [0, 0.05) is 54.4 Å². The van der Waals surface area contributed by atoms with Crippen molar-refractivity contribution in [3.8, 4) is 5.75 Å². The van der Waals surface area contributed by atoms with Crippen LogP contribution in [0.1, 0.15) is 10.4 Å². The first-order chi connectivity index (χ1) is 15.9. The third-order valence-electron chi connectivity index (χ3n) is 6.19. The molecule has 0 unspecified atom stereocenters. The summed E-state index contributed by atoms with van der Waals surface area (Å²) >= 11 is 1.48. The SMILES string of the molecule is COc1cccc(N2CCN(C(=O)c3ccc(NC4=N[C@H]5CS(=O)(=O)C[C@@H]5S4)cc3)CC2)c1. The highest BCUT2D eigenvalue weighted by atomic mass is 32.2. The Kier molecular flexibility index (Phi) is 5.96. The third-order valence-corrected chi connectivity index (χ3v) is 9.33. The van der Waals surface area contributed by atoms with Crippen molar-refractivity contribution in [3.05, 3.63) is 54.1 Å². The molecule has 3 aliphatic rings. The Morgan fingerprint density at radius 1 is 1.09 bits per heavy atom. The number of amides is 1. The molecule has 2 saturated heterocycles. The number of benzene rings is 2. The van der Waals surface area contributed by atoms with Gasteiger partial charge >= 0.3 is 0 Å². The van der Waals surface area contributed by atoms with Gasteiger partial charge in [-0.3, -0.25) is 9.79 Å². The molecular weight excluding hydrogens is 460 g/mol. The fourth-order valence-electron chi connectivity index (χ4n) is 4.39. The smallest absolute Gasteiger partial charge is 0.253 e. The van der Waals surface area contributed by atoms with Gasteiger partial charge in [-0.25, -0.2) is 8.42 Å². The topological polar surface area (TPSA) is 91.3 Å². The van der Waals surface area contributed by atoms with Crippen molar-refractivity contribution in [2.45, 2.75) is 11.3 Å². The minimum atomic E-state index is -2.96. The summed E-state index contributed by atoms with van der Waals surface area (Å²) in [7, 11) is -1.30. The number of amidine groups is 1. The zero-order chi connectivity index (χ0) is 23.0. The summed E-state index contributed by atoms with van der Waals surface area (Å²) in [4.78, 5) is 21.6. The van der Waals surface area contributed by atoms with Crippen LogP contribution in [0.25, 0.3) is 0 Å². The summed E-state index contributed by atoms with van der Waals surface area (Å²) < 4.78 is 28.7. The Hall–Kier alpha value is -2.72. The van der Waals surface area contributed by atoms with E-state index in [1.54, 1.807) is 7.11 Å². The zero-order valence-corrected chi connectivity index (χ0v) is 19.9. The van der Waals surface area contributed by atoms with Crippen LogP contribution in [0.2, 0.25) is 0 Å². The van der Waals surface area contributed by atoms with E-state index in [1.165, 1.54) is 11.8 Å². The normalized spacial score (nSPS) is 23.7. The van der Waals surface area contributed by atoms with E-state index in [-0.39, 0.29) is 28.7 Å². The number of hydrogen-bond acceptors (Lipinski definition) is 8. The molecule has 3 heterocycles. The Balaban J connectivity index is 1.16. The molecule has 33 heavy (non-hydrogen) atoms. The highest BCUT2D eigenvalue weighted by Gasteiger charge is 2.42. The standard InChI is InChI=1S/C23H26N4O4S2/c1-31-19-4-2-3-18(13-19)26-9-11-27(12-10-26)22(28)16-5-7-17(8-6-16)24-23-25-20-14-33(29,30)15-21(20)32-23/h2-8,13,20-21H,9-12,14-15H2,1H3,(H,24,25)/t20-,21-/m0/s1. The highest BCUT2D eigenvalue weighted by molar-refractivity contribution is 8.15. The Labute approximate surface area is 197 Å². The van der Waals surface area contributed by atoms with Gasteiger partial charge in [0.2, 0.25) is 0 Å². The van der Waals surface area contributed by atoms with E-state index in [2.05, 4.69) is 21.3 Å². The van der Waals surface area contributed by atoms with Gasteiger partial charge in [-0.2, -0.15) is 0 Å². The van der Waals surface area contributed by atoms with Crippen LogP contribution < -0.4 is 15.0 Å². The van der Waals surface area contributed by atoms with Gasteiger partial charge in [-0.05, 0) is 36.4 Å². The number of rotatable bonds is 4. The van der Waals surface area contributed by atoms with Crippen molar-refractivity contribution in [3.63, 3.8) is 0 Å². The number of fused-ring (bicyclic) bond motifs is 1. The number of nitrogens with one attached hydrogen (secondary N) is 1. The van der Waals surface area contributed by atoms with Gasteiger partial charge in [0.15, 0.2) is 15.0 Å². The quantitative estimate of drug-likeness (QED) is 0.709. The molecule has 1 amide bonds. The third kappa shape index (κ3) is 4.81. The highest BCUT2D eigenvalue weighted by Crippen LogP contribution is 2.34. The summed E-state index contributed by atoms with van der Waals surface area (Å²) in [6, 6.07) is 15.2. The summed E-state index contributed by atoms with van der Waals surface area (Å²) in [5, 5.41) is 4.00. The predicted octanol–water partition coefficient (Wildman–Crippen LogP) is 2.34. The van der Waals surface area contributed by atoms with E-state index in [0.717, 1.165) is 35.4 Å². The lowest BCUT2D eigenvalue weighted by Gasteiger charge is -2.36. The van der Waals surface area contributed by atoms with Crippen molar-refractivity contribution >= 4 is 44.0 Å². The van der Waals surface area contributed by atoms with Crippen LogP contribution in [0.4, 0.5) is 11.4 Å². The van der Waals surface area contributed by atoms with Gasteiger partial charge in [0.1, 0.15) is 5.75 Å². The maximum absolute atomic E-state index is 13.0. The lowest BCUT2D eigenvalue weighted by molar-refractivity contribution is 0.0747. The van der Waals surface area contributed by atoms with E-state index in [4.69, 9.17) is 4.74 Å². The number of methoxy groups -OCH3 is 1. The van der Waals surface area contributed by atoms with Gasteiger partial charge < -0.3 is 19.9 Å². The fraction of sp³-hybridized carbons (Fsp3) is 0.391. The number of sulfone groups is 1. The van der Waals surface area contributed by atoms with Crippen LogP contribution >= 0.6 is 11.8 Å². The molecule has 3 aliphatic heterocycles. The van der Waals surface area contributed by atoms with Crippen molar-refractivity contribution in [1.82, 2.24) is 4.90 Å². The van der Waals surface area contributed by atoms with Crippen LogP contribution in [-0.2, 0) is 9.84 Å². The average Bonchev–Trinajstić information content (AvgIpc) is 3.31.